The zero-order valence-electron chi connectivity index (χ0n) is 14.5. The zero-order valence-corrected chi connectivity index (χ0v) is 15.3. The molecule has 5 heteroatoms. The first-order valence-electron chi connectivity index (χ1n) is 8.49. The molecule has 0 saturated heterocycles. The zero-order chi connectivity index (χ0) is 17.9. The molecule has 4 aromatic rings. The molecule has 0 aliphatic heterocycles. The molecule has 0 atom stereocenters. The summed E-state index contributed by atoms with van der Waals surface area (Å²) in [7, 11) is 1.85. The smallest absolute Gasteiger partial charge is 0.228 e. The summed E-state index contributed by atoms with van der Waals surface area (Å²) < 4.78 is 2.03. The molecule has 26 heavy (non-hydrogen) atoms. The van der Waals surface area contributed by atoms with Gasteiger partial charge >= 0.3 is 0 Å². The molecule has 2 heterocycles. The van der Waals surface area contributed by atoms with Crippen molar-refractivity contribution >= 4 is 22.2 Å². The van der Waals surface area contributed by atoms with Crippen molar-refractivity contribution in [2.75, 3.05) is 7.05 Å². The van der Waals surface area contributed by atoms with E-state index >= 15 is 0 Å². The van der Waals surface area contributed by atoms with Crippen LogP contribution in [0.15, 0.2) is 72.2 Å². The third kappa shape index (κ3) is 3.39. The summed E-state index contributed by atoms with van der Waals surface area (Å²) in [6, 6.07) is 20.1. The molecule has 0 aliphatic rings. The maximum Gasteiger partial charge on any atom is 0.228 e. The standard InChI is InChI=1S/C21H19N3OS/c1-23(13-16-8-4-2-5-9-16)20(25)12-18-15-26-21-22-19(14-24(18)21)17-10-6-3-7-11-17/h2-11,14-15H,12-13H2,1H3. The molecule has 0 unspecified atom stereocenters. The number of amides is 1. The molecule has 0 aliphatic carbocycles. The third-order valence-electron chi connectivity index (χ3n) is 4.37. The van der Waals surface area contributed by atoms with Gasteiger partial charge in [-0.1, -0.05) is 60.7 Å². The Morgan fingerprint density at radius 2 is 1.77 bits per heavy atom. The second-order valence-corrected chi connectivity index (χ2v) is 7.12. The lowest BCUT2D eigenvalue weighted by Gasteiger charge is -2.17. The van der Waals surface area contributed by atoms with Crippen LogP contribution in [0, 0.1) is 0 Å². The lowest BCUT2D eigenvalue weighted by atomic mass is 10.2. The maximum atomic E-state index is 12.6. The summed E-state index contributed by atoms with van der Waals surface area (Å²) in [5, 5.41) is 2.02. The monoisotopic (exact) mass is 361 g/mol. The second-order valence-electron chi connectivity index (χ2n) is 6.28. The quantitative estimate of drug-likeness (QED) is 0.532. The Labute approximate surface area is 156 Å². The number of nitrogens with zero attached hydrogens (tertiary/aromatic N) is 3. The fourth-order valence-corrected chi connectivity index (χ4v) is 3.81. The molecule has 0 saturated carbocycles. The van der Waals surface area contributed by atoms with E-state index in [1.807, 2.05) is 83.7 Å². The number of imidazole rings is 1. The number of aromatic nitrogens is 2. The average Bonchev–Trinajstić information content (AvgIpc) is 3.25. The van der Waals surface area contributed by atoms with Crippen LogP contribution < -0.4 is 0 Å². The molecule has 0 bridgehead atoms. The number of benzene rings is 2. The molecule has 1 amide bonds. The second kappa shape index (κ2) is 7.14. The number of likely N-dealkylation sites (N-methyl/N-ethyl adjacent to an activating group) is 1. The maximum absolute atomic E-state index is 12.6. The van der Waals surface area contributed by atoms with E-state index in [1.54, 1.807) is 16.2 Å². The van der Waals surface area contributed by atoms with E-state index in [9.17, 15) is 4.79 Å². The van der Waals surface area contributed by atoms with Gasteiger partial charge in [-0.25, -0.2) is 4.98 Å². The van der Waals surface area contributed by atoms with Crippen LogP contribution in [0.4, 0.5) is 0 Å². The van der Waals surface area contributed by atoms with Gasteiger partial charge in [0.2, 0.25) is 5.91 Å². The van der Waals surface area contributed by atoms with Gasteiger partial charge in [-0.2, -0.15) is 0 Å². The van der Waals surface area contributed by atoms with E-state index in [0.29, 0.717) is 13.0 Å². The molecule has 0 radical (unpaired) electrons. The Balaban J connectivity index is 1.52. The lowest BCUT2D eigenvalue weighted by Crippen LogP contribution is -2.28. The van der Waals surface area contributed by atoms with E-state index in [2.05, 4.69) is 4.98 Å². The average molecular weight is 361 g/mol. The van der Waals surface area contributed by atoms with Crippen molar-refractivity contribution in [2.24, 2.45) is 0 Å². The van der Waals surface area contributed by atoms with Crippen LogP contribution in [0.2, 0.25) is 0 Å². The van der Waals surface area contributed by atoms with E-state index in [-0.39, 0.29) is 5.91 Å². The molecular weight excluding hydrogens is 342 g/mol. The molecule has 4 rings (SSSR count). The predicted molar refractivity (Wildman–Crippen MR) is 105 cm³/mol. The van der Waals surface area contributed by atoms with Crippen molar-refractivity contribution in [3.8, 4) is 11.3 Å². The minimum absolute atomic E-state index is 0.100. The Bertz CT molecular complexity index is 1020. The van der Waals surface area contributed by atoms with Gasteiger partial charge < -0.3 is 4.90 Å². The summed E-state index contributed by atoms with van der Waals surface area (Å²) in [5.41, 5.74) is 4.13. The Kier molecular flexibility index (Phi) is 4.54. The van der Waals surface area contributed by atoms with E-state index < -0.39 is 0 Å². The fourth-order valence-electron chi connectivity index (χ4n) is 2.94. The number of carbonyl (C=O) groups excluding carboxylic acids is 1. The van der Waals surface area contributed by atoms with Gasteiger partial charge in [0.15, 0.2) is 4.96 Å². The number of thiazole rings is 1. The van der Waals surface area contributed by atoms with Crippen LogP contribution in [-0.4, -0.2) is 27.2 Å². The van der Waals surface area contributed by atoms with Crippen molar-refractivity contribution in [2.45, 2.75) is 13.0 Å². The topological polar surface area (TPSA) is 37.6 Å². The lowest BCUT2D eigenvalue weighted by molar-refractivity contribution is -0.129. The summed E-state index contributed by atoms with van der Waals surface area (Å²) >= 11 is 1.57. The Hall–Kier alpha value is -2.92. The minimum Gasteiger partial charge on any atom is -0.341 e. The number of fused-ring (bicyclic) bond motifs is 1. The van der Waals surface area contributed by atoms with Crippen molar-refractivity contribution < 1.29 is 4.79 Å². The first kappa shape index (κ1) is 16.5. The highest BCUT2D eigenvalue weighted by molar-refractivity contribution is 7.15. The Morgan fingerprint density at radius 1 is 1.08 bits per heavy atom. The van der Waals surface area contributed by atoms with Crippen LogP contribution in [0.5, 0.6) is 0 Å². The molecule has 0 fully saturated rings. The summed E-state index contributed by atoms with van der Waals surface area (Å²) in [4.78, 5) is 20.0. The van der Waals surface area contributed by atoms with Crippen LogP contribution in [0.25, 0.3) is 16.2 Å². The highest BCUT2D eigenvalue weighted by Gasteiger charge is 2.15. The van der Waals surface area contributed by atoms with Crippen LogP contribution >= 0.6 is 11.3 Å². The number of hydrogen-bond acceptors (Lipinski definition) is 3. The van der Waals surface area contributed by atoms with Crippen molar-refractivity contribution in [3.05, 3.63) is 83.5 Å². The van der Waals surface area contributed by atoms with Gasteiger partial charge in [-0.15, -0.1) is 11.3 Å². The number of carbonyl (C=O) groups is 1. The van der Waals surface area contributed by atoms with Crippen LogP contribution in [-0.2, 0) is 17.8 Å². The van der Waals surface area contributed by atoms with Crippen LogP contribution in [0.1, 0.15) is 11.3 Å². The highest BCUT2D eigenvalue weighted by Crippen LogP contribution is 2.24. The third-order valence-corrected chi connectivity index (χ3v) is 5.26. The number of hydrogen-bond donors (Lipinski definition) is 0. The van der Waals surface area contributed by atoms with E-state index in [0.717, 1.165) is 27.5 Å². The van der Waals surface area contributed by atoms with E-state index in [1.165, 1.54) is 0 Å². The molecule has 2 aromatic heterocycles. The molecular formula is C21H19N3OS. The van der Waals surface area contributed by atoms with Crippen molar-refractivity contribution in [1.82, 2.24) is 14.3 Å². The number of rotatable bonds is 5. The van der Waals surface area contributed by atoms with E-state index in [4.69, 9.17) is 0 Å². The first-order chi connectivity index (χ1) is 12.7. The van der Waals surface area contributed by atoms with Crippen molar-refractivity contribution in [3.63, 3.8) is 0 Å². The van der Waals surface area contributed by atoms with Gasteiger partial charge in [0.25, 0.3) is 0 Å². The van der Waals surface area contributed by atoms with Gasteiger partial charge in [-0.05, 0) is 5.56 Å². The van der Waals surface area contributed by atoms with Crippen molar-refractivity contribution in [1.29, 1.82) is 0 Å². The van der Waals surface area contributed by atoms with Gasteiger partial charge in [-0.3, -0.25) is 9.20 Å². The molecule has 0 spiro atoms. The fraction of sp³-hybridized carbons (Fsp3) is 0.143. The summed E-state index contributed by atoms with van der Waals surface area (Å²) in [6.45, 7) is 0.617. The van der Waals surface area contributed by atoms with Gasteiger partial charge in [0, 0.05) is 36.4 Å². The summed E-state index contributed by atoms with van der Waals surface area (Å²) in [6.07, 6.45) is 2.38. The molecule has 0 N–H and O–H groups in total. The SMILES string of the molecule is CN(Cc1ccccc1)C(=O)Cc1csc2nc(-c3ccccc3)cn12. The first-order valence-corrected chi connectivity index (χ1v) is 9.37. The Morgan fingerprint density at radius 3 is 2.50 bits per heavy atom. The molecule has 2 aromatic carbocycles. The minimum atomic E-state index is 0.100. The van der Waals surface area contributed by atoms with Gasteiger partial charge in [0.1, 0.15) is 0 Å². The van der Waals surface area contributed by atoms with Crippen LogP contribution in [0.3, 0.4) is 0 Å². The molecule has 130 valence electrons. The largest absolute Gasteiger partial charge is 0.341 e. The molecule has 4 nitrogen and oxygen atoms in total. The predicted octanol–water partition coefficient (Wildman–Crippen LogP) is 4.26. The highest BCUT2D eigenvalue weighted by atomic mass is 32.1. The summed E-state index contributed by atoms with van der Waals surface area (Å²) in [5.74, 6) is 0.100. The van der Waals surface area contributed by atoms with Gasteiger partial charge in [0.05, 0.1) is 12.1 Å². The normalized spacial score (nSPS) is 11.0.